The molecule has 2 aliphatic heterocycles. The van der Waals surface area contributed by atoms with Crippen molar-refractivity contribution in [3.8, 4) is 0 Å². The summed E-state index contributed by atoms with van der Waals surface area (Å²) in [4.78, 5) is 11.8. The minimum atomic E-state index is -0.856. The molecule has 7 nitrogen and oxygen atoms in total. The highest BCUT2D eigenvalue weighted by atomic mass is 16.7. The Morgan fingerprint density at radius 1 is 1.00 bits per heavy atom. The molecular formula is C29H44O7. The lowest BCUT2D eigenvalue weighted by atomic mass is 9.43. The third kappa shape index (κ3) is 3.67. The Morgan fingerprint density at radius 2 is 1.81 bits per heavy atom. The summed E-state index contributed by atoms with van der Waals surface area (Å²) >= 11 is 0. The molecule has 0 aromatic rings. The SMILES string of the molecule is C[C@H]1O[C@@H](O[C@H]2CC[C@@]3(C)[C@H](CC[C@@H]4[C@@H]3CC[C@]3(C)[C@@H](C5=CC(=O)OC5)CC[C@]43O)C2)C[C@H](O)[C@H]1O. The fraction of sp³-hybridized carbons (Fsp3) is 0.897. The number of fused-ring (bicyclic) bond motifs is 5. The molecule has 1 saturated heterocycles. The first-order valence-corrected chi connectivity index (χ1v) is 14.3. The second-order valence-corrected chi connectivity index (χ2v) is 13.4. The van der Waals surface area contributed by atoms with Crippen molar-refractivity contribution in [3.05, 3.63) is 11.6 Å². The molecule has 0 aromatic carbocycles. The summed E-state index contributed by atoms with van der Waals surface area (Å²) in [6, 6.07) is 0. The number of aliphatic hydroxyl groups is 3. The topological polar surface area (TPSA) is 105 Å². The van der Waals surface area contributed by atoms with E-state index < -0.39 is 30.2 Å². The number of carbonyl (C=O) groups excluding carboxylic acids is 1. The third-order valence-corrected chi connectivity index (χ3v) is 12.0. The molecule has 36 heavy (non-hydrogen) atoms. The van der Waals surface area contributed by atoms with Crippen LogP contribution in [-0.2, 0) is 19.0 Å². The Morgan fingerprint density at radius 3 is 2.53 bits per heavy atom. The summed E-state index contributed by atoms with van der Waals surface area (Å²) in [5.41, 5.74) is 0.404. The zero-order chi connectivity index (χ0) is 25.5. The molecule has 6 rings (SSSR count). The van der Waals surface area contributed by atoms with Gasteiger partial charge in [-0.3, -0.25) is 0 Å². The lowest BCUT2D eigenvalue weighted by molar-refractivity contribution is -0.270. The summed E-state index contributed by atoms with van der Waals surface area (Å²) in [5, 5.41) is 32.5. The van der Waals surface area contributed by atoms with Crippen molar-refractivity contribution in [2.75, 3.05) is 6.61 Å². The van der Waals surface area contributed by atoms with E-state index in [1.807, 2.05) is 0 Å². The van der Waals surface area contributed by atoms with Crippen LogP contribution in [0.5, 0.6) is 0 Å². The Labute approximate surface area is 214 Å². The van der Waals surface area contributed by atoms with Crippen LogP contribution in [-0.4, -0.2) is 64.2 Å². The maximum absolute atomic E-state index is 12.4. The normalized spacial score (nSPS) is 54.8. The van der Waals surface area contributed by atoms with Gasteiger partial charge < -0.3 is 29.5 Å². The van der Waals surface area contributed by atoms with Gasteiger partial charge in [0.25, 0.3) is 0 Å². The van der Waals surface area contributed by atoms with Crippen molar-refractivity contribution in [2.24, 2.45) is 34.5 Å². The van der Waals surface area contributed by atoms with Gasteiger partial charge in [-0.15, -0.1) is 0 Å². The minimum Gasteiger partial charge on any atom is -0.458 e. The molecule has 6 aliphatic rings. The first-order valence-electron chi connectivity index (χ1n) is 14.3. The van der Waals surface area contributed by atoms with Crippen molar-refractivity contribution in [1.82, 2.24) is 0 Å². The Balaban J connectivity index is 1.15. The van der Waals surface area contributed by atoms with Crippen molar-refractivity contribution in [3.63, 3.8) is 0 Å². The van der Waals surface area contributed by atoms with Crippen LogP contribution in [0.1, 0.15) is 85.0 Å². The van der Waals surface area contributed by atoms with Crippen LogP contribution < -0.4 is 0 Å². The second-order valence-electron chi connectivity index (χ2n) is 13.4. The molecular weight excluding hydrogens is 460 g/mol. The van der Waals surface area contributed by atoms with Crippen LogP contribution in [0, 0.1) is 34.5 Å². The van der Waals surface area contributed by atoms with E-state index in [1.54, 1.807) is 13.0 Å². The first-order chi connectivity index (χ1) is 17.0. The number of aliphatic hydroxyl groups excluding tert-OH is 2. The maximum Gasteiger partial charge on any atom is 0.331 e. The quantitative estimate of drug-likeness (QED) is 0.399. The fourth-order valence-electron chi connectivity index (χ4n) is 9.82. The van der Waals surface area contributed by atoms with Gasteiger partial charge >= 0.3 is 5.97 Å². The summed E-state index contributed by atoms with van der Waals surface area (Å²) in [6.45, 7) is 6.92. The van der Waals surface area contributed by atoms with Crippen LogP contribution in [0.4, 0.5) is 0 Å². The molecule has 12 atom stereocenters. The van der Waals surface area contributed by atoms with E-state index >= 15 is 0 Å². The number of cyclic esters (lactones) is 1. The van der Waals surface area contributed by atoms with Crippen molar-refractivity contribution >= 4 is 5.97 Å². The fourth-order valence-corrected chi connectivity index (χ4v) is 9.82. The average Bonchev–Trinajstić information content (AvgIpc) is 3.37. The Bertz CT molecular complexity index is 907. The van der Waals surface area contributed by atoms with Crippen LogP contribution in [0.3, 0.4) is 0 Å². The highest BCUT2D eigenvalue weighted by Crippen LogP contribution is 2.70. The average molecular weight is 505 g/mol. The van der Waals surface area contributed by atoms with Crippen LogP contribution in [0.25, 0.3) is 0 Å². The molecule has 3 N–H and O–H groups in total. The standard InChI is InChI=1S/C29H44O7/c1-16-26(32)23(30)14-25(35-16)36-19-6-9-27(2)18(13-19)4-5-22-21(27)7-10-28(3)20(8-11-29(22,28)33)17-12-24(31)34-15-17/h12,16,18-23,25-26,30,32-33H,4-11,13-15H2,1-3H3/t16-,18-,19+,20-,21+,22-,23+,25+,26+,27+,28-,29+/m1/s1. The lowest BCUT2D eigenvalue weighted by Crippen LogP contribution is -2.62. The number of rotatable bonds is 3. The molecule has 5 fully saturated rings. The summed E-state index contributed by atoms with van der Waals surface area (Å²) < 4.78 is 17.4. The van der Waals surface area contributed by atoms with Crippen LogP contribution in [0.2, 0.25) is 0 Å². The molecule has 0 spiro atoms. The monoisotopic (exact) mass is 504 g/mol. The van der Waals surface area contributed by atoms with Crippen LogP contribution in [0.15, 0.2) is 11.6 Å². The van der Waals surface area contributed by atoms with E-state index in [1.165, 1.54) is 0 Å². The number of ether oxygens (including phenoxy) is 3. The van der Waals surface area contributed by atoms with Gasteiger partial charge in [-0.1, -0.05) is 13.8 Å². The summed E-state index contributed by atoms with van der Waals surface area (Å²) in [5.74, 6) is 1.37. The zero-order valence-corrected chi connectivity index (χ0v) is 22.0. The van der Waals surface area contributed by atoms with E-state index in [0.29, 0.717) is 30.8 Å². The van der Waals surface area contributed by atoms with Gasteiger partial charge in [0.05, 0.1) is 23.9 Å². The van der Waals surface area contributed by atoms with E-state index in [0.717, 1.165) is 63.4 Å². The van der Waals surface area contributed by atoms with E-state index in [9.17, 15) is 20.1 Å². The molecule has 0 unspecified atom stereocenters. The zero-order valence-electron chi connectivity index (χ0n) is 22.0. The summed E-state index contributed by atoms with van der Waals surface area (Å²) in [7, 11) is 0. The first kappa shape index (κ1) is 25.3. The molecule has 0 radical (unpaired) electrons. The molecule has 202 valence electrons. The Hall–Kier alpha value is -0.990. The predicted molar refractivity (Wildman–Crippen MR) is 132 cm³/mol. The summed E-state index contributed by atoms with van der Waals surface area (Å²) in [6.07, 6.45) is 8.64. The third-order valence-electron chi connectivity index (χ3n) is 12.0. The highest BCUT2D eigenvalue weighted by Gasteiger charge is 2.67. The number of hydrogen-bond acceptors (Lipinski definition) is 7. The minimum absolute atomic E-state index is 0.110. The van der Waals surface area contributed by atoms with Crippen LogP contribution >= 0.6 is 0 Å². The number of hydrogen-bond donors (Lipinski definition) is 3. The lowest BCUT2D eigenvalue weighted by Gasteiger charge is -2.63. The van der Waals surface area contributed by atoms with Gasteiger partial charge in [0.2, 0.25) is 0 Å². The van der Waals surface area contributed by atoms with Crippen molar-refractivity contribution < 1.29 is 34.3 Å². The molecule has 0 amide bonds. The maximum atomic E-state index is 12.4. The second kappa shape index (κ2) is 8.77. The number of carbonyl (C=O) groups is 1. The molecule has 2 heterocycles. The van der Waals surface area contributed by atoms with Gasteiger partial charge in [-0.2, -0.15) is 0 Å². The molecule has 7 heteroatoms. The highest BCUT2D eigenvalue weighted by molar-refractivity contribution is 5.85. The Kier molecular flexibility index (Phi) is 6.16. The van der Waals surface area contributed by atoms with Crippen molar-refractivity contribution in [2.45, 2.75) is 121 Å². The van der Waals surface area contributed by atoms with Gasteiger partial charge in [0.1, 0.15) is 12.7 Å². The van der Waals surface area contributed by atoms with Crippen molar-refractivity contribution in [1.29, 1.82) is 0 Å². The molecule has 0 aromatic heterocycles. The molecule has 0 bridgehead atoms. The molecule has 4 aliphatic carbocycles. The smallest absolute Gasteiger partial charge is 0.331 e. The van der Waals surface area contributed by atoms with Gasteiger partial charge in [-0.25, -0.2) is 4.79 Å². The van der Waals surface area contributed by atoms with Gasteiger partial charge in [0.15, 0.2) is 6.29 Å². The van der Waals surface area contributed by atoms with Gasteiger partial charge in [-0.05, 0) is 99.4 Å². The van der Waals surface area contributed by atoms with E-state index in [2.05, 4.69) is 13.8 Å². The molecule has 4 saturated carbocycles. The predicted octanol–water partition coefficient (Wildman–Crippen LogP) is 3.49. The van der Waals surface area contributed by atoms with E-state index in [-0.39, 0.29) is 28.8 Å². The number of esters is 1. The van der Waals surface area contributed by atoms with E-state index in [4.69, 9.17) is 14.2 Å². The largest absolute Gasteiger partial charge is 0.458 e. The van der Waals surface area contributed by atoms with Gasteiger partial charge in [0, 0.05) is 17.9 Å².